The summed E-state index contributed by atoms with van der Waals surface area (Å²) in [4.78, 5) is 0. The van der Waals surface area contributed by atoms with Crippen LogP contribution < -0.4 is 0 Å². The molecule has 3 fully saturated rings. The van der Waals surface area contributed by atoms with E-state index in [0.29, 0.717) is 12.2 Å². The lowest BCUT2D eigenvalue weighted by Crippen LogP contribution is -2.25. The smallest absolute Gasteiger partial charge is 0.279 e. The van der Waals surface area contributed by atoms with Crippen LogP contribution in [0, 0.1) is 11.8 Å². The summed E-state index contributed by atoms with van der Waals surface area (Å²) >= 11 is 0. The van der Waals surface area contributed by atoms with Crippen LogP contribution in [0.25, 0.3) is 0 Å². The van der Waals surface area contributed by atoms with Gasteiger partial charge in [-0.25, -0.2) is 0 Å². The van der Waals surface area contributed by atoms with Crippen LogP contribution in [-0.2, 0) is 9.47 Å². The summed E-state index contributed by atoms with van der Waals surface area (Å²) in [5.74, 6) is 2.56. The summed E-state index contributed by atoms with van der Waals surface area (Å²) in [6, 6.07) is 0. The lowest BCUT2D eigenvalue weighted by Gasteiger charge is -2.28. The van der Waals surface area contributed by atoms with Crippen LogP contribution in [0.3, 0.4) is 0 Å². The second-order valence-corrected chi connectivity index (χ2v) is 6.51. The van der Waals surface area contributed by atoms with Crippen LogP contribution in [0.4, 0.5) is 0 Å². The molecule has 18 heavy (non-hydrogen) atoms. The van der Waals surface area contributed by atoms with Gasteiger partial charge in [0.15, 0.2) is 0 Å². The molecule has 4 atom stereocenters. The Labute approximate surface area is 111 Å². The van der Waals surface area contributed by atoms with Gasteiger partial charge in [-0.15, -0.1) is 0 Å². The first kappa shape index (κ1) is 12.4. The van der Waals surface area contributed by atoms with Gasteiger partial charge in [0.25, 0.3) is 5.95 Å². The Kier molecular flexibility index (Phi) is 3.54. The molecule has 102 valence electrons. The molecule has 2 saturated carbocycles. The monoisotopic (exact) mass is 250 g/mol. The lowest BCUT2D eigenvalue weighted by atomic mass is 9.78. The molecule has 4 unspecified atom stereocenters. The number of allylic oxidation sites excluding steroid dienone is 1. The molecule has 1 aliphatic heterocycles. The van der Waals surface area contributed by atoms with E-state index in [1.54, 1.807) is 0 Å². The van der Waals surface area contributed by atoms with Crippen LogP contribution in [0.5, 0.6) is 0 Å². The van der Waals surface area contributed by atoms with E-state index < -0.39 is 0 Å². The molecule has 2 nitrogen and oxygen atoms in total. The number of rotatable bonds is 1. The fraction of sp³-hybridized carbons (Fsp3) is 0.875. The highest BCUT2D eigenvalue weighted by Gasteiger charge is 2.38. The summed E-state index contributed by atoms with van der Waals surface area (Å²) in [5, 5.41) is 0. The van der Waals surface area contributed by atoms with Crippen LogP contribution in [-0.4, -0.2) is 12.2 Å². The lowest BCUT2D eigenvalue weighted by molar-refractivity contribution is 0.110. The first-order chi connectivity index (χ1) is 8.76. The minimum atomic E-state index is 0.360. The van der Waals surface area contributed by atoms with Crippen LogP contribution in [0.1, 0.15) is 65.2 Å². The Balaban J connectivity index is 1.73. The number of hydrogen-bond acceptors (Lipinski definition) is 2. The molecule has 1 heterocycles. The molecule has 0 N–H and O–H groups in total. The van der Waals surface area contributed by atoms with Gasteiger partial charge in [-0.1, -0.05) is 20.3 Å². The third kappa shape index (κ3) is 2.39. The van der Waals surface area contributed by atoms with Crippen molar-refractivity contribution >= 4 is 0 Å². The maximum Gasteiger partial charge on any atom is 0.279 e. The largest absolute Gasteiger partial charge is 0.458 e. The van der Waals surface area contributed by atoms with Gasteiger partial charge >= 0.3 is 0 Å². The Morgan fingerprint density at radius 1 is 1.06 bits per heavy atom. The average molecular weight is 250 g/mol. The number of fused-ring (bicyclic) bond motifs is 1. The molecule has 0 amide bonds. The first-order valence-electron chi connectivity index (χ1n) is 7.81. The summed E-state index contributed by atoms with van der Waals surface area (Å²) in [6.45, 7) is 4.67. The van der Waals surface area contributed by atoms with Gasteiger partial charge in [-0.3, -0.25) is 0 Å². The van der Waals surface area contributed by atoms with Crippen LogP contribution in [0.2, 0.25) is 0 Å². The van der Waals surface area contributed by atoms with Crippen molar-refractivity contribution in [3.63, 3.8) is 0 Å². The molecule has 2 aliphatic carbocycles. The van der Waals surface area contributed by atoms with Crippen molar-refractivity contribution in [3.05, 3.63) is 11.5 Å². The molecule has 0 aromatic rings. The first-order valence-corrected chi connectivity index (χ1v) is 7.81. The van der Waals surface area contributed by atoms with E-state index in [1.807, 2.05) is 0 Å². The van der Waals surface area contributed by atoms with Crippen molar-refractivity contribution in [2.45, 2.75) is 77.4 Å². The SMILES string of the molecule is CCC1CC(=C2OC3CCCCC3O2)CC(C)C1. The second-order valence-electron chi connectivity index (χ2n) is 6.51. The third-order valence-electron chi connectivity index (χ3n) is 4.89. The van der Waals surface area contributed by atoms with E-state index in [4.69, 9.17) is 9.47 Å². The van der Waals surface area contributed by atoms with Crippen LogP contribution >= 0.6 is 0 Å². The quantitative estimate of drug-likeness (QED) is 0.686. The maximum absolute atomic E-state index is 6.10. The fourth-order valence-corrected chi connectivity index (χ4v) is 3.87. The van der Waals surface area contributed by atoms with Crippen LogP contribution in [0.15, 0.2) is 11.5 Å². The highest BCUT2D eigenvalue weighted by Crippen LogP contribution is 2.41. The maximum atomic E-state index is 6.10. The van der Waals surface area contributed by atoms with E-state index in [-0.39, 0.29) is 0 Å². The van der Waals surface area contributed by atoms with E-state index in [0.717, 1.165) is 17.8 Å². The molecule has 3 aliphatic rings. The van der Waals surface area contributed by atoms with Crippen molar-refractivity contribution in [2.75, 3.05) is 0 Å². The number of hydrogen-bond donors (Lipinski definition) is 0. The zero-order chi connectivity index (χ0) is 12.5. The van der Waals surface area contributed by atoms with Gasteiger partial charge in [-0.05, 0) is 56.8 Å². The van der Waals surface area contributed by atoms with Crippen molar-refractivity contribution in [2.24, 2.45) is 11.8 Å². The molecule has 1 saturated heterocycles. The average Bonchev–Trinajstić information content (AvgIpc) is 2.81. The minimum absolute atomic E-state index is 0.360. The van der Waals surface area contributed by atoms with Crippen molar-refractivity contribution < 1.29 is 9.47 Å². The highest BCUT2D eigenvalue weighted by atomic mass is 16.7. The van der Waals surface area contributed by atoms with Gasteiger partial charge < -0.3 is 9.47 Å². The molecule has 0 spiro atoms. The Morgan fingerprint density at radius 3 is 2.33 bits per heavy atom. The van der Waals surface area contributed by atoms with E-state index in [1.165, 1.54) is 56.9 Å². The van der Waals surface area contributed by atoms with Gasteiger partial charge in [0.2, 0.25) is 0 Å². The Bertz CT molecular complexity index is 318. The van der Waals surface area contributed by atoms with Gasteiger partial charge in [0.05, 0.1) is 0 Å². The van der Waals surface area contributed by atoms with Crippen molar-refractivity contribution in [3.8, 4) is 0 Å². The third-order valence-corrected chi connectivity index (χ3v) is 4.89. The number of ether oxygens (including phenoxy) is 2. The predicted octanol–water partition coefficient (Wildman–Crippen LogP) is 4.40. The molecule has 2 heteroatoms. The van der Waals surface area contributed by atoms with E-state index in [2.05, 4.69) is 13.8 Å². The Hall–Kier alpha value is -0.660. The summed E-state index contributed by atoms with van der Waals surface area (Å²) in [5.41, 5.74) is 1.47. The molecule has 0 bridgehead atoms. The zero-order valence-electron chi connectivity index (χ0n) is 11.8. The summed E-state index contributed by atoms with van der Waals surface area (Å²) < 4.78 is 12.2. The van der Waals surface area contributed by atoms with Gasteiger partial charge in [-0.2, -0.15) is 0 Å². The predicted molar refractivity (Wildman–Crippen MR) is 72.0 cm³/mol. The topological polar surface area (TPSA) is 18.5 Å². The normalized spacial score (nSPS) is 40.1. The highest BCUT2D eigenvalue weighted by molar-refractivity contribution is 5.11. The molecular weight excluding hydrogens is 224 g/mol. The van der Waals surface area contributed by atoms with E-state index in [9.17, 15) is 0 Å². The second kappa shape index (κ2) is 5.14. The molecule has 0 aromatic heterocycles. The van der Waals surface area contributed by atoms with Gasteiger partial charge in [0.1, 0.15) is 12.2 Å². The zero-order valence-corrected chi connectivity index (χ0v) is 11.8. The van der Waals surface area contributed by atoms with Crippen molar-refractivity contribution in [1.82, 2.24) is 0 Å². The minimum Gasteiger partial charge on any atom is -0.458 e. The Morgan fingerprint density at radius 2 is 1.72 bits per heavy atom. The van der Waals surface area contributed by atoms with Crippen molar-refractivity contribution in [1.29, 1.82) is 0 Å². The molecule has 0 aromatic carbocycles. The molecule has 0 radical (unpaired) electrons. The van der Waals surface area contributed by atoms with Gasteiger partial charge in [0, 0.05) is 5.57 Å². The summed E-state index contributed by atoms with van der Waals surface area (Å²) in [6.07, 6.45) is 10.8. The standard InChI is InChI=1S/C16H26O2/c1-3-12-8-11(2)9-13(10-12)16-17-14-6-4-5-7-15(14)18-16/h11-12,14-15H,3-10H2,1-2H3. The molecule has 3 rings (SSSR count). The van der Waals surface area contributed by atoms with E-state index >= 15 is 0 Å². The fourth-order valence-electron chi connectivity index (χ4n) is 3.87. The summed E-state index contributed by atoms with van der Waals surface area (Å²) in [7, 11) is 0. The molecular formula is C16H26O2.